The van der Waals surface area contributed by atoms with Gasteiger partial charge in [0.15, 0.2) is 0 Å². The van der Waals surface area contributed by atoms with Crippen LogP contribution in [0.3, 0.4) is 0 Å². The van der Waals surface area contributed by atoms with Gasteiger partial charge < -0.3 is 21.7 Å². The largest absolute Gasteiger partial charge is 0.508 e. The Hall–Kier alpha value is -3.92. The van der Waals surface area contributed by atoms with Crippen molar-refractivity contribution in [1.29, 1.82) is 0 Å². The highest BCUT2D eigenvalue weighted by Crippen LogP contribution is 2.49. The molecule has 4 nitrogen and oxygen atoms in total. The van der Waals surface area contributed by atoms with Crippen LogP contribution in [0.15, 0.2) is 97.1 Å². The van der Waals surface area contributed by atoms with E-state index in [1.807, 2.05) is 78.9 Å². The van der Waals surface area contributed by atoms with Crippen LogP contribution in [0, 0.1) is 0 Å². The van der Waals surface area contributed by atoms with Crippen molar-refractivity contribution in [3.05, 3.63) is 119 Å². The molecule has 0 heterocycles. The first-order valence-electron chi connectivity index (χ1n) is 9.33. The number of phenols is 2. The van der Waals surface area contributed by atoms with E-state index in [1.54, 1.807) is 18.2 Å². The van der Waals surface area contributed by atoms with Gasteiger partial charge in [-0.1, -0.05) is 78.9 Å². The van der Waals surface area contributed by atoms with Crippen molar-refractivity contribution in [1.82, 2.24) is 0 Å². The molecule has 4 aromatic rings. The number of rotatable bonds is 4. The van der Waals surface area contributed by atoms with Crippen LogP contribution < -0.4 is 11.5 Å². The smallest absolute Gasteiger partial charge is 0.140 e. The summed E-state index contributed by atoms with van der Waals surface area (Å²) in [5.74, 6) is 0.133. The first-order chi connectivity index (χ1) is 14.0. The van der Waals surface area contributed by atoms with Crippen LogP contribution in [-0.4, -0.2) is 10.2 Å². The molecule has 4 rings (SSSR count). The van der Waals surface area contributed by atoms with Gasteiger partial charge in [0.05, 0.1) is 16.8 Å². The molecule has 0 saturated carbocycles. The molecule has 29 heavy (non-hydrogen) atoms. The Morgan fingerprint density at radius 3 is 1.52 bits per heavy atom. The first-order valence-corrected chi connectivity index (χ1v) is 9.33. The summed E-state index contributed by atoms with van der Waals surface area (Å²) in [5.41, 5.74) is 16.0. The van der Waals surface area contributed by atoms with E-state index in [4.69, 9.17) is 11.5 Å². The molecular weight excluding hydrogens is 360 g/mol. The molecule has 4 heteroatoms. The monoisotopic (exact) mass is 382 g/mol. The van der Waals surface area contributed by atoms with Gasteiger partial charge in [-0.2, -0.15) is 0 Å². The SMILES string of the molecule is Nc1c(O)ccc(C(c2ccccc2)(c2ccccc2)c2ccc(O)cc2)c1N. The van der Waals surface area contributed by atoms with Crippen LogP contribution in [0.5, 0.6) is 11.5 Å². The fourth-order valence-electron chi connectivity index (χ4n) is 4.01. The predicted molar refractivity (Wildman–Crippen MR) is 117 cm³/mol. The molecule has 0 unspecified atom stereocenters. The third kappa shape index (κ3) is 2.95. The van der Waals surface area contributed by atoms with Gasteiger partial charge in [-0.05, 0) is 40.5 Å². The van der Waals surface area contributed by atoms with Crippen LogP contribution in [0.4, 0.5) is 11.4 Å². The van der Waals surface area contributed by atoms with E-state index in [1.165, 1.54) is 0 Å². The van der Waals surface area contributed by atoms with E-state index >= 15 is 0 Å². The Balaban J connectivity index is 2.18. The number of nitrogens with two attached hydrogens (primary N) is 2. The van der Waals surface area contributed by atoms with Gasteiger partial charge in [-0.3, -0.25) is 0 Å². The Morgan fingerprint density at radius 1 is 0.517 bits per heavy atom. The third-order valence-corrected chi connectivity index (χ3v) is 5.38. The van der Waals surface area contributed by atoms with Crippen LogP contribution in [0.25, 0.3) is 0 Å². The predicted octanol–water partition coefficient (Wildman–Crippen LogP) is 4.64. The first kappa shape index (κ1) is 18.4. The van der Waals surface area contributed by atoms with Gasteiger partial charge in [0.1, 0.15) is 11.5 Å². The van der Waals surface area contributed by atoms with Crippen molar-refractivity contribution in [2.45, 2.75) is 5.41 Å². The summed E-state index contributed by atoms with van der Waals surface area (Å²) in [5, 5.41) is 20.0. The quantitative estimate of drug-likeness (QED) is 0.235. The zero-order valence-electron chi connectivity index (χ0n) is 15.8. The molecule has 4 aromatic carbocycles. The lowest BCUT2D eigenvalue weighted by Gasteiger charge is -2.37. The number of nitrogen functional groups attached to an aromatic ring is 2. The maximum absolute atomic E-state index is 10.1. The fourth-order valence-corrected chi connectivity index (χ4v) is 4.01. The summed E-state index contributed by atoms with van der Waals surface area (Å²) >= 11 is 0. The minimum Gasteiger partial charge on any atom is -0.508 e. The highest BCUT2D eigenvalue weighted by Gasteiger charge is 2.40. The molecule has 0 atom stereocenters. The topological polar surface area (TPSA) is 92.5 Å². The second kappa shape index (κ2) is 7.24. The van der Waals surface area contributed by atoms with Gasteiger partial charge in [-0.15, -0.1) is 0 Å². The standard InChI is InChI=1S/C25H22N2O2/c26-23-21(15-16-22(29)24(23)27)25(17-7-3-1-4-8-17,18-9-5-2-6-10-18)19-11-13-20(28)14-12-19/h1-16,28-29H,26-27H2. The molecule has 0 aromatic heterocycles. The van der Waals surface area contributed by atoms with Gasteiger partial charge in [0.2, 0.25) is 0 Å². The van der Waals surface area contributed by atoms with Crippen molar-refractivity contribution in [3.8, 4) is 11.5 Å². The van der Waals surface area contributed by atoms with E-state index in [0.29, 0.717) is 5.69 Å². The second-order valence-corrected chi connectivity index (χ2v) is 6.99. The van der Waals surface area contributed by atoms with Gasteiger partial charge >= 0.3 is 0 Å². The van der Waals surface area contributed by atoms with Crippen molar-refractivity contribution in [3.63, 3.8) is 0 Å². The number of phenolic OH excluding ortho intramolecular Hbond substituents is 2. The average molecular weight is 382 g/mol. The molecule has 0 saturated heterocycles. The summed E-state index contributed by atoms with van der Waals surface area (Å²) in [6.45, 7) is 0. The lowest BCUT2D eigenvalue weighted by Crippen LogP contribution is -2.32. The van der Waals surface area contributed by atoms with E-state index in [2.05, 4.69) is 0 Å². The highest BCUT2D eigenvalue weighted by molar-refractivity contribution is 5.79. The van der Waals surface area contributed by atoms with Crippen molar-refractivity contribution in [2.75, 3.05) is 11.5 Å². The Kier molecular flexibility index (Phi) is 4.61. The number of benzene rings is 4. The number of aromatic hydroxyl groups is 2. The maximum atomic E-state index is 10.1. The van der Waals surface area contributed by atoms with Gasteiger partial charge in [-0.25, -0.2) is 0 Å². The molecular formula is C25H22N2O2. The van der Waals surface area contributed by atoms with Crippen molar-refractivity contribution >= 4 is 11.4 Å². The summed E-state index contributed by atoms with van der Waals surface area (Å²) in [4.78, 5) is 0. The summed E-state index contributed by atoms with van der Waals surface area (Å²) in [7, 11) is 0. The fraction of sp³-hybridized carbons (Fsp3) is 0.0400. The van der Waals surface area contributed by atoms with Crippen LogP contribution in [0.1, 0.15) is 22.3 Å². The number of anilines is 2. The van der Waals surface area contributed by atoms with Crippen molar-refractivity contribution < 1.29 is 10.2 Å². The Bertz CT molecular complexity index is 1090. The molecule has 0 amide bonds. The highest BCUT2D eigenvalue weighted by atomic mass is 16.3. The second-order valence-electron chi connectivity index (χ2n) is 6.99. The summed E-state index contributed by atoms with van der Waals surface area (Å²) in [6.07, 6.45) is 0. The maximum Gasteiger partial charge on any atom is 0.140 e. The van der Waals surface area contributed by atoms with E-state index < -0.39 is 5.41 Å². The number of hydrogen-bond acceptors (Lipinski definition) is 4. The Labute approximate surface area is 169 Å². The minimum atomic E-state index is -0.790. The average Bonchev–Trinajstić information content (AvgIpc) is 2.76. The molecule has 144 valence electrons. The summed E-state index contributed by atoms with van der Waals surface area (Å²) in [6, 6.07) is 30.5. The van der Waals surface area contributed by atoms with Gasteiger partial charge in [0, 0.05) is 0 Å². The lowest BCUT2D eigenvalue weighted by atomic mass is 9.64. The molecule has 0 aliphatic carbocycles. The lowest BCUT2D eigenvalue weighted by molar-refractivity contribution is 0.475. The zero-order chi connectivity index (χ0) is 20.4. The molecule has 0 aliphatic rings. The zero-order valence-corrected chi connectivity index (χ0v) is 15.8. The van der Waals surface area contributed by atoms with Crippen LogP contribution in [-0.2, 0) is 5.41 Å². The van der Waals surface area contributed by atoms with Crippen molar-refractivity contribution in [2.24, 2.45) is 0 Å². The number of hydrogen-bond donors (Lipinski definition) is 4. The normalized spacial score (nSPS) is 11.3. The van der Waals surface area contributed by atoms with Crippen LogP contribution in [0.2, 0.25) is 0 Å². The van der Waals surface area contributed by atoms with E-state index in [9.17, 15) is 10.2 Å². The van der Waals surface area contributed by atoms with Crippen LogP contribution >= 0.6 is 0 Å². The molecule has 0 aliphatic heterocycles. The molecule has 0 bridgehead atoms. The molecule has 0 fully saturated rings. The van der Waals surface area contributed by atoms with Gasteiger partial charge in [0.25, 0.3) is 0 Å². The summed E-state index contributed by atoms with van der Waals surface area (Å²) < 4.78 is 0. The van der Waals surface area contributed by atoms with E-state index in [-0.39, 0.29) is 17.2 Å². The third-order valence-electron chi connectivity index (χ3n) is 5.38. The minimum absolute atomic E-state index is 0.0491. The Morgan fingerprint density at radius 2 is 1.00 bits per heavy atom. The molecule has 0 radical (unpaired) electrons. The molecule has 0 spiro atoms. The molecule has 6 N–H and O–H groups in total. The van der Waals surface area contributed by atoms with E-state index in [0.717, 1.165) is 22.3 Å².